The summed E-state index contributed by atoms with van der Waals surface area (Å²) in [4.78, 5) is 23.8. The van der Waals surface area contributed by atoms with Gasteiger partial charge in [-0.15, -0.1) is 0 Å². The molecule has 0 bridgehead atoms. The maximum Gasteiger partial charge on any atom is 0.252 e. The Morgan fingerprint density at radius 1 is 1.00 bits per heavy atom. The molecule has 0 fully saturated rings. The molecule has 3 rings (SSSR count). The van der Waals surface area contributed by atoms with Crippen molar-refractivity contribution < 1.29 is 23.5 Å². The van der Waals surface area contributed by atoms with E-state index in [1.54, 1.807) is 48.7 Å². The molecule has 7 nitrogen and oxygen atoms in total. The van der Waals surface area contributed by atoms with Crippen molar-refractivity contribution in [3.8, 4) is 5.75 Å². The molecule has 2 amide bonds. The van der Waals surface area contributed by atoms with E-state index in [4.69, 9.17) is 19.6 Å². The number of carbonyl (C=O) groups is 2. The summed E-state index contributed by atoms with van der Waals surface area (Å²) in [6, 6.07) is 17.6. The van der Waals surface area contributed by atoms with Crippen molar-refractivity contribution in [2.24, 2.45) is 5.73 Å². The van der Waals surface area contributed by atoms with E-state index in [1.807, 2.05) is 18.2 Å². The van der Waals surface area contributed by atoms with Crippen LogP contribution in [0.15, 0.2) is 71.3 Å². The third-order valence-corrected chi connectivity index (χ3v) is 4.31. The number of hydrogen-bond acceptors (Lipinski definition) is 5. The molecule has 0 saturated heterocycles. The highest BCUT2D eigenvalue weighted by Gasteiger charge is 2.10. The van der Waals surface area contributed by atoms with Crippen molar-refractivity contribution in [2.45, 2.75) is 19.6 Å². The van der Waals surface area contributed by atoms with Gasteiger partial charge in [0.15, 0.2) is 0 Å². The van der Waals surface area contributed by atoms with Gasteiger partial charge in [0.25, 0.3) is 11.8 Å². The lowest BCUT2D eigenvalue weighted by Crippen LogP contribution is -2.25. The van der Waals surface area contributed by atoms with Crippen molar-refractivity contribution in [3.05, 3.63) is 89.4 Å². The molecule has 0 aliphatic rings. The molecule has 0 atom stereocenters. The minimum atomic E-state index is -0.549. The molecule has 7 heteroatoms. The van der Waals surface area contributed by atoms with Crippen LogP contribution < -0.4 is 15.8 Å². The van der Waals surface area contributed by atoms with Crippen molar-refractivity contribution in [1.82, 2.24) is 5.32 Å². The number of ether oxygens (including phenoxy) is 2. The molecule has 2 aromatic carbocycles. The van der Waals surface area contributed by atoms with Crippen LogP contribution in [0, 0.1) is 0 Å². The predicted molar refractivity (Wildman–Crippen MR) is 111 cm³/mol. The number of carbonyl (C=O) groups excluding carboxylic acids is 2. The minimum absolute atomic E-state index is 0.166. The fourth-order valence-electron chi connectivity index (χ4n) is 2.81. The molecule has 0 radical (unpaired) electrons. The van der Waals surface area contributed by atoms with E-state index in [1.165, 1.54) is 0 Å². The van der Waals surface area contributed by atoms with Crippen molar-refractivity contribution in [3.63, 3.8) is 0 Å². The lowest BCUT2D eigenvalue weighted by Gasteiger charge is -2.11. The second-order valence-corrected chi connectivity index (χ2v) is 6.59. The third kappa shape index (κ3) is 6.22. The number of furan rings is 1. The molecular formula is C23H24N2O5. The topological polar surface area (TPSA) is 104 Å². The second kappa shape index (κ2) is 10.8. The average molecular weight is 408 g/mol. The Morgan fingerprint density at radius 3 is 2.67 bits per heavy atom. The van der Waals surface area contributed by atoms with Gasteiger partial charge in [0, 0.05) is 18.7 Å². The largest absolute Gasteiger partial charge is 0.488 e. The van der Waals surface area contributed by atoms with Gasteiger partial charge in [-0.3, -0.25) is 9.59 Å². The zero-order chi connectivity index (χ0) is 21.2. The lowest BCUT2D eigenvalue weighted by molar-refractivity contribution is 0.0916. The van der Waals surface area contributed by atoms with Gasteiger partial charge in [-0.2, -0.15) is 0 Å². The monoisotopic (exact) mass is 408 g/mol. The highest BCUT2D eigenvalue weighted by molar-refractivity contribution is 5.95. The summed E-state index contributed by atoms with van der Waals surface area (Å²) in [5, 5.41) is 2.87. The van der Waals surface area contributed by atoms with Gasteiger partial charge in [-0.25, -0.2) is 0 Å². The number of para-hydroxylation sites is 1. The molecule has 30 heavy (non-hydrogen) atoms. The van der Waals surface area contributed by atoms with Crippen LogP contribution >= 0.6 is 0 Å². The summed E-state index contributed by atoms with van der Waals surface area (Å²) < 4.78 is 16.4. The Kier molecular flexibility index (Phi) is 7.63. The molecule has 3 aromatic rings. The van der Waals surface area contributed by atoms with Crippen LogP contribution in [0.5, 0.6) is 5.75 Å². The van der Waals surface area contributed by atoms with Crippen molar-refractivity contribution in [1.29, 1.82) is 0 Å². The van der Waals surface area contributed by atoms with Gasteiger partial charge in [-0.05, 0) is 48.4 Å². The van der Waals surface area contributed by atoms with E-state index in [9.17, 15) is 9.59 Å². The molecule has 0 aliphatic carbocycles. The number of nitrogens with two attached hydrogens (primary N) is 1. The number of hydrogen-bond donors (Lipinski definition) is 2. The lowest BCUT2D eigenvalue weighted by atomic mass is 10.1. The normalized spacial score (nSPS) is 10.5. The zero-order valence-electron chi connectivity index (χ0n) is 16.5. The second-order valence-electron chi connectivity index (χ2n) is 6.59. The molecule has 1 aromatic heterocycles. The van der Waals surface area contributed by atoms with E-state index < -0.39 is 5.91 Å². The zero-order valence-corrected chi connectivity index (χ0v) is 16.5. The minimum Gasteiger partial charge on any atom is -0.488 e. The number of amides is 2. The van der Waals surface area contributed by atoms with Gasteiger partial charge in [0.1, 0.15) is 24.7 Å². The van der Waals surface area contributed by atoms with Crippen molar-refractivity contribution in [2.75, 3.05) is 13.2 Å². The fraction of sp³-hybridized carbons (Fsp3) is 0.217. The molecule has 0 spiro atoms. The SMILES string of the molecule is NC(=O)c1ccccc1OCc1cccc(C(=O)NCCCOCc2ccco2)c1. The Balaban J connectivity index is 1.44. The Hall–Kier alpha value is -3.58. The highest BCUT2D eigenvalue weighted by Crippen LogP contribution is 2.19. The first-order valence-corrected chi connectivity index (χ1v) is 9.62. The van der Waals surface area contributed by atoms with Gasteiger partial charge in [-0.1, -0.05) is 24.3 Å². The first-order chi connectivity index (χ1) is 14.6. The van der Waals surface area contributed by atoms with Crippen LogP contribution in [0.2, 0.25) is 0 Å². The van der Waals surface area contributed by atoms with Gasteiger partial charge >= 0.3 is 0 Å². The standard InChI is InChI=1S/C23H24N2O5/c24-22(26)20-9-1-2-10-21(20)30-15-17-6-3-7-18(14-17)23(27)25-11-5-12-28-16-19-8-4-13-29-19/h1-4,6-10,13-14H,5,11-12,15-16H2,(H2,24,26)(H,25,27). The van der Waals surface area contributed by atoms with Crippen LogP contribution in [-0.4, -0.2) is 25.0 Å². The van der Waals surface area contributed by atoms with E-state index in [-0.39, 0.29) is 12.5 Å². The van der Waals surface area contributed by atoms with Crippen molar-refractivity contribution >= 4 is 11.8 Å². The van der Waals surface area contributed by atoms with Crippen LogP contribution in [0.1, 0.15) is 38.5 Å². The third-order valence-electron chi connectivity index (χ3n) is 4.31. The smallest absolute Gasteiger partial charge is 0.252 e. The first kappa shape index (κ1) is 21.1. The van der Waals surface area contributed by atoms with E-state index >= 15 is 0 Å². The average Bonchev–Trinajstić information content (AvgIpc) is 3.28. The first-order valence-electron chi connectivity index (χ1n) is 9.62. The predicted octanol–water partition coefficient (Wildman–Crippen LogP) is 3.29. The molecule has 0 aliphatic heterocycles. The number of nitrogens with one attached hydrogen (secondary N) is 1. The van der Waals surface area contributed by atoms with E-state index in [2.05, 4.69) is 5.32 Å². The Labute approximate surface area is 174 Å². The number of benzene rings is 2. The summed E-state index contributed by atoms with van der Waals surface area (Å²) in [5.74, 6) is 0.471. The molecule has 0 saturated carbocycles. The maximum absolute atomic E-state index is 12.4. The molecular weight excluding hydrogens is 384 g/mol. The van der Waals surface area contributed by atoms with Crippen LogP contribution in [-0.2, 0) is 18.0 Å². The van der Waals surface area contributed by atoms with E-state index in [0.717, 1.165) is 11.3 Å². The molecule has 0 unspecified atom stereocenters. The highest BCUT2D eigenvalue weighted by atomic mass is 16.5. The van der Waals surface area contributed by atoms with Crippen LogP contribution in [0.4, 0.5) is 0 Å². The van der Waals surface area contributed by atoms with Gasteiger partial charge in [0.2, 0.25) is 0 Å². The molecule has 3 N–H and O–H groups in total. The Bertz CT molecular complexity index is 969. The summed E-state index contributed by atoms with van der Waals surface area (Å²) in [6.45, 7) is 1.66. The fourth-order valence-corrected chi connectivity index (χ4v) is 2.81. The molecule has 1 heterocycles. The van der Waals surface area contributed by atoms with Crippen LogP contribution in [0.3, 0.4) is 0 Å². The van der Waals surface area contributed by atoms with E-state index in [0.29, 0.717) is 43.1 Å². The molecule has 156 valence electrons. The summed E-state index contributed by atoms with van der Waals surface area (Å²) in [5.41, 5.74) is 7.03. The van der Waals surface area contributed by atoms with Gasteiger partial charge in [0.05, 0.1) is 11.8 Å². The van der Waals surface area contributed by atoms with Gasteiger partial charge < -0.3 is 24.9 Å². The maximum atomic E-state index is 12.4. The quantitative estimate of drug-likeness (QED) is 0.474. The summed E-state index contributed by atoms with van der Waals surface area (Å²) in [6.07, 6.45) is 2.30. The number of primary amides is 1. The summed E-state index contributed by atoms with van der Waals surface area (Å²) in [7, 11) is 0. The summed E-state index contributed by atoms with van der Waals surface area (Å²) >= 11 is 0. The Morgan fingerprint density at radius 2 is 1.87 bits per heavy atom. The number of rotatable bonds is 11. The van der Waals surface area contributed by atoms with Crippen LogP contribution in [0.25, 0.3) is 0 Å².